The third-order valence-electron chi connectivity index (χ3n) is 6.47. The molecule has 7 nitrogen and oxygen atoms in total. The lowest BCUT2D eigenvalue weighted by Crippen LogP contribution is -2.60. The Morgan fingerprint density at radius 3 is 1.37 bits per heavy atom. The van der Waals surface area contributed by atoms with Gasteiger partial charge >= 0.3 is 6.09 Å². The van der Waals surface area contributed by atoms with Crippen molar-refractivity contribution in [1.29, 1.82) is 0 Å². The highest BCUT2D eigenvalue weighted by atomic mass is 16.6. The fourth-order valence-corrected chi connectivity index (χ4v) is 5.29. The standard InChI is InChI=1S/C31H61N3O4/c1-26(2,3)23(35)30(13,32-28(7,8)9)19-17-16-18-22-38-25(37)34(15)21-20-31(14,33-29(10,11)12)24(36)27(4,5)6/h32-33H,16-22H2,1-15H3/t30-,31+/m0/s1. The second-order valence-electron chi connectivity index (χ2n) is 15.7. The van der Waals surface area contributed by atoms with Gasteiger partial charge in [-0.25, -0.2) is 4.79 Å². The molecule has 0 saturated carbocycles. The maximum absolute atomic E-state index is 13.2. The van der Waals surface area contributed by atoms with Crippen LogP contribution in [0.25, 0.3) is 0 Å². The lowest BCUT2D eigenvalue weighted by Gasteiger charge is -2.41. The molecule has 0 unspecified atom stereocenters. The molecule has 2 atom stereocenters. The van der Waals surface area contributed by atoms with E-state index in [1.54, 1.807) is 11.9 Å². The molecule has 0 rings (SSSR count). The van der Waals surface area contributed by atoms with Gasteiger partial charge in [0, 0.05) is 35.5 Å². The van der Waals surface area contributed by atoms with Crippen LogP contribution in [0.3, 0.4) is 0 Å². The predicted molar refractivity (Wildman–Crippen MR) is 159 cm³/mol. The Morgan fingerprint density at radius 1 is 0.605 bits per heavy atom. The van der Waals surface area contributed by atoms with Gasteiger partial charge in [-0.3, -0.25) is 9.59 Å². The number of nitrogens with zero attached hydrogens (tertiary/aromatic N) is 1. The summed E-state index contributed by atoms with van der Waals surface area (Å²) in [6.45, 7) is 28.7. The zero-order chi connectivity index (χ0) is 30.4. The van der Waals surface area contributed by atoms with Crippen LogP contribution in [-0.2, 0) is 14.3 Å². The van der Waals surface area contributed by atoms with Crippen molar-refractivity contribution in [3.8, 4) is 0 Å². The molecule has 0 aliphatic carbocycles. The van der Waals surface area contributed by atoms with Gasteiger partial charge in [-0.2, -0.15) is 0 Å². The highest BCUT2D eigenvalue weighted by Gasteiger charge is 2.42. The summed E-state index contributed by atoms with van der Waals surface area (Å²) in [5.74, 6) is 0.338. The fraction of sp³-hybridized carbons (Fsp3) is 0.903. The Balaban J connectivity index is 4.86. The van der Waals surface area contributed by atoms with Crippen LogP contribution in [0.15, 0.2) is 0 Å². The van der Waals surface area contributed by atoms with E-state index in [9.17, 15) is 14.4 Å². The molecule has 1 amide bonds. The summed E-state index contributed by atoms with van der Waals surface area (Å²) in [6, 6.07) is 0. The van der Waals surface area contributed by atoms with Gasteiger partial charge in [0.05, 0.1) is 17.7 Å². The first kappa shape index (κ1) is 36.5. The molecule has 0 aromatic rings. The Morgan fingerprint density at radius 2 is 1.00 bits per heavy atom. The third kappa shape index (κ3) is 13.1. The Labute approximate surface area is 234 Å². The first-order chi connectivity index (χ1) is 16.7. The number of carbonyl (C=O) groups is 3. The van der Waals surface area contributed by atoms with Gasteiger partial charge in [0.1, 0.15) is 0 Å². The number of rotatable bonds is 13. The normalized spacial score (nSPS) is 16.4. The van der Waals surface area contributed by atoms with E-state index in [4.69, 9.17) is 4.74 Å². The molecule has 0 aliphatic rings. The summed E-state index contributed by atoms with van der Waals surface area (Å²) in [5.41, 5.74) is -2.71. The first-order valence-corrected chi connectivity index (χ1v) is 14.3. The van der Waals surface area contributed by atoms with Crippen LogP contribution in [0.2, 0.25) is 0 Å². The highest BCUT2D eigenvalue weighted by molar-refractivity contribution is 5.93. The van der Waals surface area contributed by atoms with Gasteiger partial charge in [0.15, 0.2) is 11.6 Å². The van der Waals surface area contributed by atoms with Crippen LogP contribution in [-0.4, -0.2) is 64.9 Å². The molecule has 0 bridgehead atoms. The molecule has 0 aromatic heterocycles. The van der Waals surface area contributed by atoms with Crippen LogP contribution in [0.4, 0.5) is 4.79 Å². The number of unbranched alkanes of at least 4 members (excludes halogenated alkanes) is 2. The average molecular weight is 540 g/mol. The highest BCUT2D eigenvalue weighted by Crippen LogP contribution is 2.30. The number of nitrogens with one attached hydrogen (secondary N) is 2. The number of Topliss-reactive ketones (excluding diaryl/α,β-unsaturated/α-hetero) is 2. The van der Waals surface area contributed by atoms with Crippen molar-refractivity contribution in [3.05, 3.63) is 0 Å². The summed E-state index contributed by atoms with van der Waals surface area (Å²) >= 11 is 0. The average Bonchev–Trinajstić information content (AvgIpc) is 2.69. The summed E-state index contributed by atoms with van der Waals surface area (Å²) in [5, 5.41) is 7.03. The van der Waals surface area contributed by atoms with Crippen molar-refractivity contribution >= 4 is 17.7 Å². The summed E-state index contributed by atoms with van der Waals surface area (Å²) in [4.78, 5) is 40.6. The quantitative estimate of drug-likeness (QED) is 0.259. The molecule has 0 heterocycles. The minimum atomic E-state index is -0.761. The second-order valence-corrected chi connectivity index (χ2v) is 15.7. The van der Waals surface area contributed by atoms with Crippen molar-refractivity contribution in [2.24, 2.45) is 10.8 Å². The maximum Gasteiger partial charge on any atom is 0.409 e. The Kier molecular flexibility index (Phi) is 12.7. The van der Waals surface area contributed by atoms with Crippen LogP contribution in [0.1, 0.15) is 129 Å². The van der Waals surface area contributed by atoms with Gasteiger partial charge in [-0.15, -0.1) is 0 Å². The molecule has 38 heavy (non-hydrogen) atoms. The topological polar surface area (TPSA) is 87.7 Å². The first-order valence-electron chi connectivity index (χ1n) is 14.3. The molecular weight excluding hydrogens is 478 g/mol. The van der Waals surface area contributed by atoms with E-state index in [0.29, 0.717) is 19.6 Å². The molecule has 0 radical (unpaired) electrons. The minimum Gasteiger partial charge on any atom is -0.449 e. The third-order valence-corrected chi connectivity index (χ3v) is 6.47. The monoisotopic (exact) mass is 539 g/mol. The van der Waals surface area contributed by atoms with Gasteiger partial charge in [0.2, 0.25) is 0 Å². The number of hydrogen-bond acceptors (Lipinski definition) is 6. The van der Waals surface area contributed by atoms with E-state index in [2.05, 4.69) is 31.4 Å². The van der Waals surface area contributed by atoms with Crippen LogP contribution in [0, 0.1) is 10.8 Å². The molecule has 7 heteroatoms. The summed E-state index contributed by atoms with van der Waals surface area (Å²) in [7, 11) is 1.71. The fourth-order valence-electron chi connectivity index (χ4n) is 5.29. The zero-order valence-corrected chi connectivity index (χ0v) is 27.5. The number of ether oxygens (including phenoxy) is 1. The van der Waals surface area contributed by atoms with Crippen molar-refractivity contribution < 1.29 is 19.1 Å². The summed E-state index contributed by atoms with van der Waals surface area (Å²) in [6.07, 6.45) is 3.31. The van der Waals surface area contributed by atoms with E-state index < -0.39 is 21.9 Å². The van der Waals surface area contributed by atoms with E-state index >= 15 is 0 Å². The maximum atomic E-state index is 13.2. The van der Waals surface area contributed by atoms with E-state index in [-0.39, 0.29) is 28.7 Å². The van der Waals surface area contributed by atoms with Crippen LogP contribution >= 0.6 is 0 Å². The molecule has 0 aliphatic heterocycles. The predicted octanol–water partition coefficient (Wildman–Crippen LogP) is 6.53. The summed E-state index contributed by atoms with van der Waals surface area (Å²) < 4.78 is 5.51. The van der Waals surface area contributed by atoms with Crippen LogP contribution < -0.4 is 10.6 Å². The van der Waals surface area contributed by atoms with Crippen LogP contribution in [0.5, 0.6) is 0 Å². The largest absolute Gasteiger partial charge is 0.449 e. The lowest BCUT2D eigenvalue weighted by atomic mass is 9.75. The second kappa shape index (κ2) is 13.3. The van der Waals surface area contributed by atoms with Gasteiger partial charge in [0.25, 0.3) is 0 Å². The smallest absolute Gasteiger partial charge is 0.409 e. The molecule has 2 N–H and O–H groups in total. The van der Waals surface area contributed by atoms with Gasteiger partial charge < -0.3 is 20.3 Å². The zero-order valence-electron chi connectivity index (χ0n) is 27.5. The molecular formula is C31H61N3O4. The number of hydrogen-bond donors (Lipinski definition) is 2. The van der Waals surface area contributed by atoms with Crippen molar-refractivity contribution in [1.82, 2.24) is 15.5 Å². The molecule has 0 spiro atoms. The van der Waals surface area contributed by atoms with E-state index in [0.717, 1.165) is 25.7 Å². The Hall–Kier alpha value is -1.47. The van der Waals surface area contributed by atoms with Gasteiger partial charge in [-0.05, 0) is 81.1 Å². The molecule has 0 aromatic carbocycles. The lowest BCUT2D eigenvalue weighted by molar-refractivity contribution is -0.134. The van der Waals surface area contributed by atoms with E-state index in [1.807, 2.05) is 76.2 Å². The molecule has 0 fully saturated rings. The number of carbonyl (C=O) groups excluding carboxylic acids is 3. The van der Waals surface area contributed by atoms with Gasteiger partial charge in [-0.1, -0.05) is 48.0 Å². The van der Waals surface area contributed by atoms with Crippen molar-refractivity contribution in [3.63, 3.8) is 0 Å². The SMILES string of the molecule is CN(CC[C@@](C)(NC(C)(C)C)C(=O)C(C)(C)C)C(=O)OCCCCC[C@](C)(NC(C)(C)C)C(=O)C(C)(C)C. The van der Waals surface area contributed by atoms with Crippen molar-refractivity contribution in [2.75, 3.05) is 20.2 Å². The number of ketones is 2. The molecule has 224 valence electrons. The number of amides is 1. The van der Waals surface area contributed by atoms with Crippen molar-refractivity contribution in [2.45, 2.75) is 151 Å². The molecule has 0 saturated heterocycles. The minimum absolute atomic E-state index is 0.125. The van der Waals surface area contributed by atoms with E-state index in [1.165, 1.54) is 0 Å². The Bertz CT molecular complexity index is 796.